The van der Waals surface area contributed by atoms with Gasteiger partial charge in [0.25, 0.3) is 0 Å². The maximum atomic E-state index is 11.0. The molecule has 2 fully saturated rings. The Bertz CT molecular complexity index is 249. The highest BCUT2D eigenvalue weighted by molar-refractivity contribution is 5.70. The first-order valence-corrected chi connectivity index (χ1v) is 6.32. The van der Waals surface area contributed by atoms with Crippen LogP contribution in [0.2, 0.25) is 0 Å². The van der Waals surface area contributed by atoms with E-state index in [-0.39, 0.29) is 5.92 Å². The molecule has 1 aliphatic heterocycles. The summed E-state index contributed by atoms with van der Waals surface area (Å²) in [6.45, 7) is 4.45. The minimum Gasteiger partial charge on any atom is -0.481 e. The summed E-state index contributed by atoms with van der Waals surface area (Å²) in [4.78, 5) is 15.8. The normalized spacial score (nSPS) is 33.8. The van der Waals surface area contributed by atoms with Gasteiger partial charge in [-0.25, -0.2) is 0 Å². The van der Waals surface area contributed by atoms with E-state index in [1.807, 2.05) is 0 Å². The molecule has 1 heterocycles. The Labute approximate surface area is 97.2 Å². The Morgan fingerprint density at radius 1 is 1.19 bits per heavy atom. The first-order valence-electron chi connectivity index (χ1n) is 6.32. The van der Waals surface area contributed by atoms with Crippen LogP contribution in [0.3, 0.4) is 0 Å². The molecule has 0 bridgehead atoms. The Hall–Kier alpha value is -0.610. The summed E-state index contributed by atoms with van der Waals surface area (Å²) in [5, 5.41) is 9.07. The van der Waals surface area contributed by atoms with E-state index in [2.05, 4.69) is 16.8 Å². The van der Waals surface area contributed by atoms with Gasteiger partial charge in [0.1, 0.15) is 0 Å². The molecule has 1 N–H and O–H groups in total. The molecule has 1 saturated carbocycles. The zero-order chi connectivity index (χ0) is 11.5. The van der Waals surface area contributed by atoms with Gasteiger partial charge in [-0.05, 0) is 26.3 Å². The van der Waals surface area contributed by atoms with Crippen LogP contribution in [0.4, 0.5) is 0 Å². The van der Waals surface area contributed by atoms with Gasteiger partial charge in [-0.1, -0.05) is 6.42 Å². The zero-order valence-electron chi connectivity index (χ0n) is 10.1. The maximum Gasteiger partial charge on any atom is 0.306 e. The van der Waals surface area contributed by atoms with Gasteiger partial charge in [0.05, 0.1) is 5.92 Å². The molecule has 0 aromatic rings. The van der Waals surface area contributed by atoms with Crippen LogP contribution in [-0.4, -0.2) is 60.1 Å². The van der Waals surface area contributed by atoms with Gasteiger partial charge in [0.15, 0.2) is 0 Å². The molecule has 2 rings (SSSR count). The number of likely N-dealkylation sites (N-methyl/N-ethyl adjacent to an activating group) is 1. The number of nitrogens with zero attached hydrogens (tertiary/aromatic N) is 2. The van der Waals surface area contributed by atoms with Crippen molar-refractivity contribution in [3.8, 4) is 0 Å². The SMILES string of the molecule is CN1CCN(C2CCCC(C(=O)O)C2)CC1. The lowest BCUT2D eigenvalue weighted by Crippen LogP contribution is -2.50. The van der Waals surface area contributed by atoms with E-state index in [0.717, 1.165) is 45.4 Å². The quantitative estimate of drug-likeness (QED) is 0.759. The van der Waals surface area contributed by atoms with E-state index < -0.39 is 5.97 Å². The van der Waals surface area contributed by atoms with Crippen LogP contribution in [0, 0.1) is 5.92 Å². The van der Waals surface area contributed by atoms with Crippen molar-refractivity contribution in [2.45, 2.75) is 31.7 Å². The number of hydrogen-bond acceptors (Lipinski definition) is 3. The molecule has 0 radical (unpaired) electrons. The van der Waals surface area contributed by atoms with Crippen molar-refractivity contribution >= 4 is 5.97 Å². The number of aliphatic carboxylic acids is 1. The summed E-state index contributed by atoms with van der Waals surface area (Å²) >= 11 is 0. The third-order valence-corrected chi connectivity index (χ3v) is 4.05. The summed E-state index contributed by atoms with van der Waals surface area (Å²) in [6, 6.07) is 0.517. The smallest absolute Gasteiger partial charge is 0.306 e. The van der Waals surface area contributed by atoms with E-state index in [1.54, 1.807) is 0 Å². The third-order valence-electron chi connectivity index (χ3n) is 4.05. The Morgan fingerprint density at radius 2 is 1.88 bits per heavy atom. The number of carboxylic acid groups (broad SMARTS) is 1. The average Bonchev–Trinajstić information content (AvgIpc) is 2.30. The lowest BCUT2D eigenvalue weighted by molar-refractivity contribution is -0.143. The number of carboxylic acids is 1. The lowest BCUT2D eigenvalue weighted by Gasteiger charge is -2.40. The molecule has 2 unspecified atom stereocenters. The molecule has 4 heteroatoms. The van der Waals surface area contributed by atoms with Gasteiger partial charge in [-0.15, -0.1) is 0 Å². The Morgan fingerprint density at radius 3 is 2.50 bits per heavy atom. The van der Waals surface area contributed by atoms with E-state index in [9.17, 15) is 4.79 Å². The zero-order valence-corrected chi connectivity index (χ0v) is 10.1. The molecule has 4 nitrogen and oxygen atoms in total. The first kappa shape index (κ1) is 11.9. The van der Waals surface area contributed by atoms with Crippen LogP contribution in [-0.2, 0) is 4.79 Å². The highest BCUT2D eigenvalue weighted by Gasteiger charge is 2.31. The molecule has 0 aromatic heterocycles. The van der Waals surface area contributed by atoms with E-state index in [1.165, 1.54) is 6.42 Å². The topological polar surface area (TPSA) is 43.8 Å². The Kier molecular flexibility index (Phi) is 3.82. The summed E-state index contributed by atoms with van der Waals surface area (Å²) in [5.41, 5.74) is 0. The number of piperazine rings is 1. The van der Waals surface area contributed by atoms with Crippen molar-refractivity contribution in [3.63, 3.8) is 0 Å². The molecule has 2 atom stereocenters. The highest BCUT2D eigenvalue weighted by atomic mass is 16.4. The largest absolute Gasteiger partial charge is 0.481 e. The number of carbonyl (C=O) groups is 1. The summed E-state index contributed by atoms with van der Waals surface area (Å²) < 4.78 is 0. The van der Waals surface area contributed by atoms with Crippen LogP contribution < -0.4 is 0 Å². The second-order valence-corrected chi connectivity index (χ2v) is 5.19. The van der Waals surface area contributed by atoms with Crippen molar-refractivity contribution < 1.29 is 9.90 Å². The van der Waals surface area contributed by atoms with Crippen molar-refractivity contribution in [1.29, 1.82) is 0 Å². The van der Waals surface area contributed by atoms with Gasteiger partial charge in [-0.2, -0.15) is 0 Å². The average molecular weight is 226 g/mol. The molecular weight excluding hydrogens is 204 g/mol. The number of hydrogen-bond donors (Lipinski definition) is 1. The van der Waals surface area contributed by atoms with Gasteiger partial charge >= 0.3 is 5.97 Å². The molecule has 0 spiro atoms. The van der Waals surface area contributed by atoms with Crippen molar-refractivity contribution in [2.24, 2.45) is 5.92 Å². The van der Waals surface area contributed by atoms with Gasteiger partial charge in [0, 0.05) is 32.2 Å². The fourth-order valence-electron chi connectivity index (χ4n) is 2.91. The van der Waals surface area contributed by atoms with E-state index >= 15 is 0 Å². The molecule has 0 aromatic carbocycles. The summed E-state index contributed by atoms with van der Waals surface area (Å²) in [5.74, 6) is -0.697. The van der Waals surface area contributed by atoms with E-state index in [0.29, 0.717) is 6.04 Å². The van der Waals surface area contributed by atoms with Crippen LogP contribution in [0.5, 0.6) is 0 Å². The summed E-state index contributed by atoms with van der Waals surface area (Å²) in [6.07, 6.45) is 4.00. The molecule has 1 aliphatic carbocycles. The predicted octanol–water partition coefficient (Wildman–Crippen LogP) is 0.877. The molecule has 92 valence electrons. The fraction of sp³-hybridized carbons (Fsp3) is 0.917. The second-order valence-electron chi connectivity index (χ2n) is 5.19. The van der Waals surface area contributed by atoms with Crippen molar-refractivity contribution in [2.75, 3.05) is 33.2 Å². The van der Waals surface area contributed by atoms with Crippen LogP contribution in [0.1, 0.15) is 25.7 Å². The molecule has 0 amide bonds. The standard InChI is InChI=1S/C12H22N2O2/c1-13-5-7-14(8-6-13)11-4-2-3-10(9-11)12(15)16/h10-11H,2-9H2,1H3,(H,15,16). The Balaban J connectivity index is 1.87. The monoisotopic (exact) mass is 226 g/mol. The highest BCUT2D eigenvalue weighted by Crippen LogP contribution is 2.28. The van der Waals surface area contributed by atoms with Gasteiger partial charge in [0.2, 0.25) is 0 Å². The van der Waals surface area contributed by atoms with Crippen molar-refractivity contribution in [1.82, 2.24) is 9.80 Å². The van der Waals surface area contributed by atoms with E-state index in [4.69, 9.17) is 5.11 Å². The maximum absolute atomic E-state index is 11.0. The molecule has 1 saturated heterocycles. The summed E-state index contributed by atoms with van der Waals surface area (Å²) in [7, 11) is 2.15. The molecule has 2 aliphatic rings. The molecular formula is C12H22N2O2. The number of rotatable bonds is 2. The third kappa shape index (κ3) is 2.74. The predicted molar refractivity (Wildman–Crippen MR) is 62.5 cm³/mol. The van der Waals surface area contributed by atoms with Crippen LogP contribution >= 0.6 is 0 Å². The minimum atomic E-state index is -0.598. The van der Waals surface area contributed by atoms with Gasteiger partial charge < -0.3 is 10.0 Å². The van der Waals surface area contributed by atoms with Crippen LogP contribution in [0.15, 0.2) is 0 Å². The van der Waals surface area contributed by atoms with Crippen LogP contribution in [0.25, 0.3) is 0 Å². The van der Waals surface area contributed by atoms with Crippen molar-refractivity contribution in [3.05, 3.63) is 0 Å². The molecule has 16 heavy (non-hydrogen) atoms. The first-order chi connectivity index (χ1) is 7.66. The second kappa shape index (κ2) is 5.15. The minimum absolute atomic E-state index is 0.0987. The fourth-order valence-corrected chi connectivity index (χ4v) is 2.91. The van der Waals surface area contributed by atoms with Gasteiger partial charge in [-0.3, -0.25) is 9.69 Å². The lowest BCUT2D eigenvalue weighted by atomic mass is 9.85.